The highest BCUT2D eigenvalue weighted by atomic mass is 16.5. The normalized spacial score (nSPS) is 13.5. The van der Waals surface area contributed by atoms with Crippen LogP contribution in [0.4, 0.5) is 0 Å². The van der Waals surface area contributed by atoms with Crippen LogP contribution in [0, 0.1) is 0 Å². The van der Waals surface area contributed by atoms with E-state index in [4.69, 9.17) is 4.74 Å². The van der Waals surface area contributed by atoms with E-state index in [0.29, 0.717) is 18.9 Å². The number of carbonyl (C=O) groups excluding carboxylic acids is 3. The fourth-order valence-corrected chi connectivity index (χ4v) is 4.31. The van der Waals surface area contributed by atoms with Crippen molar-refractivity contribution in [2.75, 3.05) is 19.7 Å². The number of allylic oxidation sites excluding steroid dienone is 1. The Balaban J connectivity index is 1.37. The van der Waals surface area contributed by atoms with Crippen LogP contribution >= 0.6 is 0 Å². The molecular formula is C31H30N2O4. The van der Waals surface area contributed by atoms with Crippen molar-refractivity contribution < 1.29 is 19.1 Å². The van der Waals surface area contributed by atoms with Gasteiger partial charge in [0.1, 0.15) is 12.4 Å². The molecule has 3 amide bonds. The van der Waals surface area contributed by atoms with Gasteiger partial charge in [0.15, 0.2) is 0 Å². The second kappa shape index (κ2) is 12.5. The first-order valence-electron chi connectivity index (χ1n) is 12.4. The zero-order valence-electron chi connectivity index (χ0n) is 20.9. The highest BCUT2D eigenvalue weighted by Gasteiger charge is 2.23. The lowest BCUT2D eigenvalue weighted by Crippen LogP contribution is -2.35. The van der Waals surface area contributed by atoms with E-state index in [-0.39, 0.29) is 30.7 Å². The average molecular weight is 495 g/mol. The van der Waals surface area contributed by atoms with Crippen molar-refractivity contribution in [3.05, 3.63) is 114 Å². The van der Waals surface area contributed by atoms with Crippen molar-refractivity contribution in [1.82, 2.24) is 10.2 Å². The van der Waals surface area contributed by atoms with Gasteiger partial charge < -0.3 is 10.1 Å². The molecule has 188 valence electrons. The summed E-state index contributed by atoms with van der Waals surface area (Å²) in [6.45, 7) is 2.87. The molecule has 37 heavy (non-hydrogen) atoms. The average Bonchev–Trinajstić information content (AvgIpc) is 3.26. The number of hydrogen-bond acceptors (Lipinski definition) is 4. The predicted molar refractivity (Wildman–Crippen MR) is 145 cm³/mol. The predicted octanol–water partition coefficient (Wildman–Crippen LogP) is 4.87. The minimum atomic E-state index is -0.385. The van der Waals surface area contributed by atoms with Gasteiger partial charge in [-0.2, -0.15) is 0 Å². The molecule has 0 spiro atoms. The molecule has 0 aliphatic carbocycles. The van der Waals surface area contributed by atoms with Crippen LogP contribution in [-0.2, 0) is 14.4 Å². The van der Waals surface area contributed by atoms with Gasteiger partial charge in [0.2, 0.25) is 5.91 Å². The van der Waals surface area contributed by atoms with Gasteiger partial charge in [0, 0.05) is 25.1 Å². The molecule has 3 aromatic carbocycles. The third kappa shape index (κ3) is 6.61. The van der Waals surface area contributed by atoms with Crippen molar-refractivity contribution in [1.29, 1.82) is 0 Å². The molecule has 1 aliphatic rings. The number of amides is 3. The Labute approximate surface area is 217 Å². The highest BCUT2D eigenvalue weighted by molar-refractivity contribution is 6.13. The summed E-state index contributed by atoms with van der Waals surface area (Å²) in [7, 11) is 0. The van der Waals surface area contributed by atoms with Crippen molar-refractivity contribution in [3.63, 3.8) is 0 Å². The molecule has 0 bridgehead atoms. The van der Waals surface area contributed by atoms with Crippen molar-refractivity contribution >= 4 is 28.9 Å². The van der Waals surface area contributed by atoms with E-state index in [9.17, 15) is 14.4 Å². The van der Waals surface area contributed by atoms with Crippen LogP contribution in [-0.4, -0.2) is 42.3 Å². The van der Waals surface area contributed by atoms with E-state index in [2.05, 4.69) is 72.9 Å². The van der Waals surface area contributed by atoms with Gasteiger partial charge in [0.05, 0.1) is 6.54 Å². The number of rotatable bonds is 11. The Morgan fingerprint density at radius 1 is 0.784 bits per heavy atom. The number of nitrogens with zero attached hydrogens (tertiary/aromatic N) is 1. The van der Waals surface area contributed by atoms with E-state index >= 15 is 0 Å². The molecule has 0 atom stereocenters. The SMILES string of the molecule is CC/C(=C(/c1ccccc1)c1ccc(OCCNC(=O)CCN2C(=O)C=CC2=O)cc1)c1ccccc1. The van der Waals surface area contributed by atoms with Gasteiger partial charge in [-0.15, -0.1) is 0 Å². The Kier molecular flexibility index (Phi) is 8.66. The Bertz CT molecular complexity index is 1280. The van der Waals surface area contributed by atoms with E-state index in [1.54, 1.807) is 0 Å². The van der Waals surface area contributed by atoms with Crippen LogP contribution < -0.4 is 10.1 Å². The van der Waals surface area contributed by atoms with Gasteiger partial charge in [-0.25, -0.2) is 0 Å². The third-order valence-corrected chi connectivity index (χ3v) is 6.14. The first-order chi connectivity index (χ1) is 18.1. The molecule has 1 aliphatic heterocycles. The first kappa shape index (κ1) is 25.6. The van der Waals surface area contributed by atoms with Crippen molar-refractivity contribution in [2.45, 2.75) is 19.8 Å². The molecule has 6 heteroatoms. The van der Waals surface area contributed by atoms with Gasteiger partial charge in [-0.1, -0.05) is 79.7 Å². The van der Waals surface area contributed by atoms with Crippen LogP contribution in [0.5, 0.6) is 5.75 Å². The quantitative estimate of drug-likeness (QED) is 0.235. The second-order valence-corrected chi connectivity index (χ2v) is 8.57. The summed E-state index contributed by atoms with van der Waals surface area (Å²) in [5.41, 5.74) is 5.94. The minimum Gasteiger partial charge on any atom is -0.492 e. The minimum absolute atomic E-state index is 0.0592. The summed E-state index contributed by atoms with van der Waals surface area (Å²) in [6, 6.07) is 28.8. The number of ether oxygens (including phenoxy) is 1. The monoisotopic (exact) mass is 494 g/mol. The molecule has 0 unspecified atom stereocenters. The number of nitrogens with one attached hydrogen (secondary N) is 1. The standard InChI is InChI=1S/C31H30N2O4/c1-2-27(23-9-5-3-6-10-23)31(24-11-7-4-8-12-24)25-13-15-26(16-14-25)37-22-20-32-28(34)19-21-33-29(35)17-18-30(33)36/h3-18H,2,19-22H2,1H3,(H,32,34)/b31-27+. The first-order valence-corrected chi connectivity index (χ1v) is 12.4. The van der Waals surface area contributed by atoms with Crippen molar-refractivity contribution in [3.8, 4) is 5.75 Å². The molecule has 1 N–H and O–H groups in total. The topological polar surface area (TPSA) is 75.7 Å². The smallest absolute Gasteiger partial charge is 0.253 e. The largest absolute Gasteiger partial charge is 0.492 e. The van der Waals surface area contributed by atoms with E-state index in [0.717, 1.165) is 22.4 Å². The Hall–Kier alpha value is -4.45. The maximum atomic E-state index is 12.0. The van der Waals surface area contributed by atoms with Crippen LogP contribution in [0.15, 0.2) is 97.1 Å². The summed E-state index contributed by atoms with van der Waals surface area (Å²) in [6.07, 6.45) is 3.37. The molecular weight excluding hydrogens is 464 g/mol. The number of carbonyl (C=O) groups is 3. The Morgan fingerprint density at radius 2 is 1.35 bits per heavy atom. The molecule has 3 aromatic rings. The van der Waals surface area contributed by atoms with Gasteiger partial charge in [0.25, 0.3) is 11.8 Å². The lowest BCUT2D eigenvalue weighted by atomic mass is 9.88. The number of hydrogen-bond donors (Lipinski definition) is 1. The van der Waals surface area contributed by atoms with E-state index < -0.39 is 0 Å². The lowest BCUT2D eigenvalue weighted by Gasteiger charge is -2.17. The van der Waals surface area contributed by atoms with Crippen LogP contribution in [0.1, 0.15) is 36.5 Å². The fraction of sp³-hybridized carbons (Fsp3) is 0.194. The molecule has 1 heterocycles. The zero-order valence-corrected chi connectivity index (χ0v) is 20.9. The third-order valence-electron chi connectivity index (χ3n) is 6.14. The molecule has 0 aromatic heterocycles. The van der Waals surface area contributed by atoms with Gasteiger partial charge in [-0.05, 0) is 46.4 Å². The van der Waals surface area contributed by atoms with Crippen molar-refractivity contribution in [2.24, 2.45) is 0 Å². The van der Waals surface area contributed by atoms with Gasteiger partial charge >= 0.3 is 0 Å². The molecule has 0 saturated heterocycles. The second-order valence-electron chi connectivity index (χ2n) is 8.57. The maximum Gasteiger partial charge on any atom is 0.253 e. The fourth-order valence-electron chi connectivity index (χ4n) is 4.31. The molecule has 6 nitrogen and oxygen atoms in total. The number of benzene rings is 3. The van der Waals surface area contributed by atoms with E-state index in [1.807, 2.05) is 24.3 Å². The summed E-state index contributed by atoms with van der Waals surface area (Å²) in [4.78, 5) is 36.2. The summed E-state index contributed by atoms with van der Waals surface area (Å²) in [5, 5.41) is 2.76. The summed E-state index contributed by atoms with van der Waals surface area (Å²) < 4.78 is 5.82. The number of imide groups is 1. The van der Waals surface area contributed by atoms with Crippen LogP contribution in [0.2, 0.25) is 0 Å². The molecule has 0 radical (unpaired) electrons. The van der Waals surface area contributed by atoms with Gasteiger partial charge in [-0.3, -0.25) is 19.3 Å². The molecule has 0 fully saturated rings. The highest BCUT2D eigenvalue weighted by Crippen LogP contribution is 2.34. The molecule has 4 rings (SSSR count). The zero-order chi connectivity index (χ0) is 26.0. The summed E-state index contributed by atoms with van der Waals surface area (Å²) in [5.74, 6) is -0.297. The van der Waals surface area contributed by atoms with E-state index in [1.165, 1.54) is 28.9 Å². The maximum absolute atomic E-state index is 12.0. The van der Waals surface area contributed by atoms with Crippen LogP contribution in [0.3, 0.4) is 0 Å². The molecule has 0 saturated carbocycles. The van der Waals surface area contributed by atoms with Crippen LogP contribution in [0.25, 0.3) is 11.1 Å². The summed E-state index contributed by atoms with van der Waals surface area (Å²) >= 11 is 0. The Morgan fingerprint density at radius 3 is 1.95 bits per heavy atom. The lowest BCUT2D eigenvalue weighted by molar-refractivity contribution is -0.137.